The predicted molar refractivity (Wildman–Crippen MR) is 52.2 cm³/mol. The van der Waals surface area contributed by atoms with Crippen LogP contribution >= 0.6 is 23.2 Å². The average molecular weight is 385 g/mol. The third kappa shape index (κ3) is 1.45. The van der Waals surface area contributed by atoms with Crippen LogP contribution in [0.3, 0.4) is 0 Å². The smallest absolute Gasteiger partial charge is 0.348 e. The Morgan fingerprint density at radius 2 is 0.727 bits per heavy atom. The molecule has 0 unspecified atom stereocenters. The van der Waals surface area contributed by atoms with Crippen molar-refractivity contribution in [3.05, 3.63) is 0 Å². The molecule has 0 spiro atoms. The largest absolute Gasteiger partial charge is 0.480 e. The second-order valence-electron chi connectivity index (χ2n) is 4.22. The Morgan fingerprint density at radius 1 is 0.591 bits per heavy atom. The van der Waals surface area contributed by atoms with Crippen molar-refractivity contribution in [1.82, 2.24) is 0 Å². The maximum atomic E-state index is 13.6. The Bertz CT molecular complexity index is 472. The minimum atomic E-state index is -6.65. The first-order valence-corrected chi connectivity index (χ1v) is 5.50. The zero-order valence-electron chi connectivity index (χ0n) is 9.49. The Morgan fingerprint density at radius 3 is 0.818 bits per heavy atom. The molecule has 0 aromatic carbocycles. The number of halogens is 10. The molecule has 1 saturated carbocycles. The summed E-state index contributed by atoms with van der Waals surface area (Å²) in [6, 6.07) is 0. The van der Waals surface area contributed by atoms with Gasteiger partial charge in [0, 0.05) is 0 Å². The van der Waals surface area contributed by atoms with Gasteiger partial charge in [0.05, 0.1) is 0 Å². The van der Waals surface area contributed by atoms with E-state index >= 15 is 0 Å². The molecule has 0 atom stereocenters. The summed E-state index contributed by atoms with van der Waals surface area (Å²) < 4.78 is 108. The van der Waals surface area contributed by atoms with Gasteiger partial charge in [0.15, 0.2) is 0 Å². The van der Waals surface area contributed by atoms with E-state index in [0.717, 1.165) is 0 Å². The fourth-order valence-corrected chi connectivity index (χ4v) is 2.27. The lowest BCUT2D eigenvalue weighted by Crippen LogP contribution is -2.87. The van der Waals surface area contributed by atoms with E-state index in [4.69, 9.17) is 10.2 Å². The molecular weight excluding hydrogens is 383 g/mol. The minimum absolute atomic E-state index is 3.62. The van der Waals surface area contributed by atoms with Gasteiger partial charge in [0.2, 0.25) is 0 Å². The lowest BCUT2D eigenvalue weighted by molar-refractivity contribution is -0.374. The van der Waals surface area contributed by atoms with Gasteiger partial charge in [-0.25, -0.2) is 9.59 Å². The molecule has 0 radical (unpaired) electrons. The first-order valence-electron chi connectivity index (χ1n) is 4.75. The summed E-state index contributed by atoms with van der Waals surface area (Å²) in [5, 5.41) is 16.6. The third-order valence-electron chi connectivity index (χ3n) is 3.11. The van der Waals surface area contributed by atoms with Gasteiger partial charge in [-0.15, -0.1) is 0 Å². The topological polar surface area (TPSA) is 74.6 Å². The molecule has 0 saturated heterocycles. The predicted octanol–water partition coefficient (Wildman–Crippen LogP) is 2.67. The number of hydrogen-bond donors (Lipinski definition) is 2. The fraction of sp³-hybridized carbons (Fsp3) is 0.750. The molecule has 4 nitrogen and oxygen atoms in total. The van der Waals surface area contributed by atoms with Crippen molar-refractivity contribution in [2.45, 2.75) is 33.4 Å². The molecule has 0 aromatic heterocycles. The molecule has 1 rings (SSSR count). The van der Waals surface area contributed by atoms with E-state index < -0.39 is 45.4 Å². The van der Waals surface area contributed by atoms with Gasteiger partial charge in [0.25, 0.3) is 9.75 Å². The summed E-state index contributed by atoms with van der Waals surface area (Å²) in [5.41, 5.74) is 0. The average Bonchev–Trinajstić information content (AvgIpc) is 2.33. The number of aliphatic carboxylic acids is 2. The van der Waals surface area contributed by atoms with Crippen molar-refractivity contribution in [2.24, 2.45) is 0 Å². The van der Waals surface area contributed by atoms with Crippen molar-refractivity contribution in [1.29, 1.82) is 0 Å². The van der Waals surface area contributed by atoms with Crippen LogP contribution in [-0.2, 0) is 9.59 Å². The molecule has 1 aliphatic rings. The number of carboxylic acid groups (broad SMARTS) is 2. The van der Waals surface area contributed by atoms with Crippen LogP contribution in [0.2, 0.25) is 0 Å². The highest BCUT2D eigenvalue weighted by Gasteiger charge is 3.01. The summed E-state index contributed by atoms with van der Waals surface area (Å²) in [6.07, 6.45) is 0. The molecule has 0 aromatic rings. The van der Waals surface area contributed by atoms with E-state index in [1.807, 2.05) is 0 Å². The number of carbonyl (C=O) groups is 2. The molecule has 0 heterocycles. The van der Waals surface area contributed by atoms with Crippen LogP contribution in [0.25, 0.3) is 0 Å². The normalized spacial score (nSPS) is 38.3. The summed E-state index contributed by atoms with van der Waals surface area (Å²) >= 11 is 8.57. The lowest BCUT2D eigenvalue weighted by atomic mass is 9.69. The minimum Gasteiger partial charge on any atom is -0.480 e. The molecule has 0 aliphatic heterocycles. The van der Waals surface area contributed by atoms with E-state index in [9.17, 15) is 44.7 Å². The molecule has 0 amide bonds. The van der Waals surface area contributed by atoms with Crippen molar-refractivity contribution in [3.63, 3.8) is 0 Å². The maximum absolute atomic E-state index is 13.6. The van der Waals surface area contributed by atoms with Crippen LogP contribution < -0.4 is 0 Å². The van der Waals surface area contributed by atoms with Gasteiger partial charge < -0.3 is 10.2 Å². The van der Waals surface area contributed by atoms with Crippen molar-refractivity contribution in [2.75, 3.05) is 0 Å². The van der Waals surface area contributed by atoms with Gasteiger partial charge in [-0.1, -0.05) is 23.2 Å². The van der Waals surface area contributed by atoms with E-state index in [1.54, 1.807) is 0 Å². The van der Waals surface area contributed by atoms with Gasteiger partial charge in [-0.2, -0.15) is 35.1 Å². The fourth-order valence-electron chi connectivity index (χ4n) is 1.80. The molecule has 14 heteroatoms. The Kier molecular flexibility index (Phi) is 3.70. The van der Waals surface area contributed by atoms with Crippen molar-refractivity contribution >= 4 is 35.1 Å². The lowest BCUT2D eigenvalue weighted by Gasteiger charge is -2.53. The zero-order chi connectivity index (χ0) is 18.2. The van der Waals surface area contributed by atoms with Crippen molar-refractivity contribution in [3.8, 4) is 0 Å². The SMILES string of the molecule is O=C(O)C1(Cl)C(F)(F)C(F)(F)C(Cl)(C(=O)O)C(F)(F)C1(F)F. The molecule has 1 aliphatic carbocycles. The zero-order valence-corrected chi connectivity index (χ0v) is 11.0. The Hall–Kier alpha value is -1.04. The van der Waals surface area contributed by atoms with Gasteiger partial charge in [-0.05, 0) is 0 Å². The second kappa shape index (κ2) is 4.28. The summed E-state index contributed by atoms with van der Waals surface area (Å²) in [6.45, 7) is 0. The Labute approximate surface area is 124 Å². The van der Waals surface area contributed by atoms with E-state index in [1.165, 1.54) is 0 Å². The standard InChI is InChI=1S/C8H2Cl2F8O4/c9-3(1(19)20)5(11,12)7(15,16)4(10,2(21)22)8(17,18)6(3,13)14/h(H,19,20)(H,21,22). The number of hydrogen-bond acceptors (Lipinski definition) is 2. The quantitative estimate of drug-likeness (QED) is 0.567. The monoisotopic (exact) mass is 384 g/mol. The highest BCUT2D eigenvalue weighted by Crippen LogP contribution is 2.70. The number of rotatable bonds is 2. The molecule has 128 valence electrons. The van der Waals surface area contributed by atoms with Gasteiger partial charge in [0.1, 0.15) is 0 Å². The first kappa shape index (κ1) is 19.0. The molecule has 0 bridgehead atoms. The molecular formula is C8H2Cl2F8O4. The second-order valence-corrected chi connectivity index (χ2v) is 5.36. The molecule has 2 N–H and O–H groups in total. The highest BCUT2D eigenvalue weighted by atomic mass is 35.5. The number of carboxylic acids is 2. The summed E-state index contributed by atoms with van der Waals surface area (Å²) in [7, 11) is 0. The van der Waals surface area contributed by atoms with Crippen LogP contribution in [0.15, 0.2) is 0 Å². The van der Waals surface area contributed by atoms with E-state index in [-0.39, 0.29) is 0 Å². The highest BCUT2D eigenvalue weighted by molar-refractivity contribution is 6.39. The van der Waals surface area contributed by atoms with Gasteiger partial charge >= 0.3 is 35.6 Å². The third-order valence-corrected chi connectivity index (χ3v) is 4.38. The Balaban J connectivity index is 4.02. The van der Waals surface area contributed by atoms with Crippen LogP contribution in [0, 0.1) is 0 Å². The van der Waals surface area contributed by atoms with Crippen LogP contribution in [0.4, 0.5) is 35.1 Å². The van der Waals surface area contributed by atoms with E-state index in [2.05, 4.69) is 23.2 Å². The van der Waals surface area contributed by atoms with Crippen LogP contribution in [-0.4, -0.2) is 55.6 Å². The maximum Gasteiger partial charge on any atom is 0.348 e. The van der Waals surface area contributed by atoms with Crippen LogP contribution in [0.5, 0.6) is 0 Å². The van der Waals surface area contributed by atoms with Crippen molar-refractivity contribution < 1.29 is 54.9 Å². The number of alkyl halides is 10. The molecule has 22 heavy (non-hydrogen) atoms. The summed E-state index contributed by atoms with van der Waals surface area (Å²) in [5.74, 6) is -33.9. The summed E-state index contributed by atoms with van der Waals surface area (Å²) in [4.78, 5) is 9.34. The van der Waals surface area contributed by atoms with Crippen LogP contribution in [0.1, 0.15) is 0 Å². The first-order chi connectivity index (χ1) is 9.39. The van der Waals surface area contributed by atoms with Gasteiger partial charge in [-0.3, -0.25) is 0 Å². The molecule has 1 fully saturated rings. The van der Waals surface area contributed by atoms with E-state index in [0.29, 0.717) is 0 Å².